The molecular formula is C23H28N4O4. The minimum Gasteiger partial charge on any atom is -0.483 e. The summed E-state index contributed by atoms with van der Waals surface area (Å²) in [5, 5.41) is 18.3. The summed E-state index contributed by atoms with van der Waals surface area (Å²) in [5.74, 6) is 0.496. The van der Waals surface area contributed by atoms with E-state index in [0.717, 1.165) is 61.6 Å². The van der Waals surface area contributed by atoms with Gasteiger partial charge in [0.2, 0.25) is 0 Å². The minimum atomic E-state index is -0.250. The van der Waals surface area contributed by atoms with E-state index in [-0.39, 0.29) is 24.3 Å². The number of allylic oxidation sites excluding steroid dienone is 2. The van der Waals surface area contributed by atoms with E-state index in [1.807, 2.05) is 12.1 Å². The SMILES string of the molecule is O=CC1C=C(c2ccc3[nH]nc(C(=O)N[C@H]4CN5CCC4CC5)c3c2)CCC1.O=CO. The van der Waals surface area contributed by atoms with E-state index in [2.05, 4.69) is 32.6 Å². The van der Waals surface area contributed by atoms with Crippen LogP contribution in [0.5, 0.6) is 0 Å². The fraction of sp³-hybridized carbons (Fsp3) is 0.478. The number of fused-ring (bicyclic) bond motifs is 4. The number of H-pyrrole nitrogens is 1. The summed E-state index contributed by atoms with van der Waals surface area (Å²) in [6, 6.07) is 6.30. The lowest BCUT2D eigenvalue weighted by molar-refractivity contribution is -0.122. The van der Waals surface area contributed by atoms with Gasteiger partial charge in [-0.2, -0.15) is 5.10 Å². The molecule has 2 aromatic rings. The number of aromatic nitrogens is 2. The molecule has 3 N–H and O–H groups in total. The second-order valence-electron chi connectivity index (χ2n) is 8.54. The molecule has 0 saturated carbocycles. The molecule has 6 rings (SSSR count). The van der Waals surface area contributed by atoms with Crippen molar-refractivity contribution < 1.29 is 19.5 Å². The number of nitrogens with one attached hydrogen (secondary N) is 2. The first-order valence-corrected chi connectivity index (χ1v) is 10.9. The molecule has 8 nitrogen and oxygen atoms in total. The normalized spacial score (nSPS) is 27.0. The summed E-state index contributed by atoms with van der Waals surface area (Å²) < 4.78 is 0. The number of benzene rings is 1. The maximum absolute atomic E-state index is 13.0. The predicted octanol–water partition coefficient (Wildman–Crippen LogP) is 2.47. The van der Waals surface area contributed by atoms with Crippen LogP contribution in [0.25, 0.3) is 16.5 Å². The Morgan fingerprint density at radius 2 is 2.00 bits per heavy atom. The second kappa shape index (κ2) is 9.43. The molecule has 3 fully saturated rings. The number of rotatable bonds is 4. The maximum Gasteiger partial charge on any atom is 0.290 e. The topological polar surface area (TPSA) is 115 Å². The summed E-state index contributed by atoms with van der Waals surface area (Å²) in [6.07, 6.45) is 8.35. The minimum absolute atomic E-state index is 0.00305. The molecule has 1 aromatic heterocycles. The molecule has 1 aliphatic carbocycles. The van der Waals surface area contributed by atoms with Crippen LogP contribution in [0.3, 0.4) is 0 Å². The number of nitrogens with zero attached hydrogens (tertiary/aromatic N) is 2. The molecule has 2 atom stereocenters. The van der Waals surface area contributed by atoms with Gasteiger partial charge < -0.3 is 20.1 Å². The van der Waals surface area contributed by atoms with Gasteiger partial charge in [0.05, 0.1) is 5.52 Å². The lowest BCUT2D eigenvalue weighted by Gasteiger charge is -2.44. The Morgan fingerprint density at radius 1 is 1.23 bits per heavy atom. The third-order valence-corrected chi connectivity index (χ3v) is 6.69. The van der Waals surface area contributed by atoms with Gasteiger partial charge in [-0.15, -0.1) is 0 Å². The third-order valence-electron chi connectivity index (χ3n) is 6.69. The number of aldehydes is 1. The lowest BCUT2D eigenvalue weighted by Crippen LogP contribution is -2.57. The van der Waals surface area contributed by atoms with Gasteiger partial charge in [-0.3, -0.25) is 14.7 Å². The largest absolute Gasteiger partial charge is 0.483 e. The molecule has 0 spiro atoms. The quantitative estimate of drug-likeness (QED) is 0.650. The molecule has 1 unspecified atom stereocenters. The van der Waals surface area contributed by atoms with Crippen molar-refractivity contribution in [1.29, 1.82) is 0 Å². The zero-order valence-electron chi connectivity index (χ0n) is 17.4. The number of amides is 1. The van der Waals surface area contributed by atoms with Crippen molar-refractivity contribution in [2.24, 2.45) is 11.8 Å². The second-order valence-corrected chi connectivity index (χ2v) is 8.54. The highest BCUT2D eigenvalue weighted by atomic mass is 16.3. The number of carboxylic acid groups (broad SMARTS) is 1. The fourth-order valence-electron chi connectivity index (χ4n) is 5.05. The molecule has 1 amide bonds. The molecule has 3 saturated heterocycles. The van der Waals surface area contributed by atoms with E-state index >= 15 is 0 Å². The number of hydrogen-bond donors (Lipinski definition) is 3. The molecule has 31 heavy (non-hydrogen) atoms. The first-order valence-electron chi connectivity index (χ1n) is 10.9. The van der Waals surface area contributed by atoms with E-state index in [0.29, 0.717) is 11.6 Å². The van der Waals surface area contributed by atoms with E-state index in [1.54, 1.807) is 0 Å². The van der Waals surface area contributed by atoms with Crippen LogP contribution in [0.2, 0.25) is 0 Å². The molecule has 3 aliphatic heterocycles. The molecule has 2 bridgehead atoms. The van der Waals surface area contributed by atoms with Crippen LogP contribution in [0.15, 0.2) is 24.3 Å². The zero-order chi connectivity index (χ0) is 21.8. The number of piperidine rings is 3. The van der Waals surface area contributed by atoms with Crippen LogP contribution >= 0.6 is 0 Å². The summed E-state index contributed by atoms with van der Waals surface area (Å²) >= 11 is 0. The first-order chi connectivity index (χ1) is 15.1. The standard InChI is InChI=1S/C22H26N4O2.CH2O2/c27-13-14-2-1-3-16(10-14)17-4-5-19-18(11-17)21(25-24-19)22(28)23-20-12-26-8-6-15(20)7-9-26;2-1-3/h4-5,10-11,13-15,20H,1-3,6-9,12H2,(H,23,28)(H,24,25);1H,(H,2,3)/t14?,20-;/m0./s1. The van der Waals surface area contributed by atoms with Crippen molar-refractivity contribution in [3.63, 3.8) is 0 Å². The van der Waals surface area contributed by atoms with Gasteiger partial charge in [0, 0.05) is 23.9 Å². The highest BCUT2D eigenvalue weighted by molar-refractivity contribution is 6.05. The Bertz CT molecular complexity index is 991. The fourth-order valence-corrected chi connectivity index (χ4v) is 5.05. The van der Waals surface area contributed by atoms with Gasteiger partial charge in [-0.1, -0.05) is 12.1 Å². The number of carbonyl (C=O) groups is 3. The monoisotopic (exact) mass is 424 g/mol. The van der Waals surface area contributed by atoms with Crippen LogP contribution in [0.1, 0.15) is 48.2 Å². The molecule has 8 heteroatoms. The van der Waals surface area contributed by atoms with E-state index in [9.17, 15) is 9.59 Å². The summed E-state index contributed by atoms with van der Waals surface area (Å²) in [4.78, 5) is 35.0. The Morgan fingerprint density at radius 3 is 2.68 bits per heavy atom. The van der Waals surface area contributed by atoms with Crippen molar-refractivity contribution in [2.75, 3.05) is 19.6 Å². The Balaban J connectivity index is 0.000000730. The Kier molecular flexibility index (Phi) is 6.46. The van der Waals surface area contributed by atoms with Gasteiger partial charge in [0.1, 0.15) is 6.29 Å². The van der Waals surface area contributed by atoms with Crippen LogP contribution < -0.4 is 5.32 Å². The van der Waals surface area contributed by atoms with Crippen molar-refractivity contribution in [1.82, 2.24) is 20.4 Å². The van der Waals surface area contributed by atoms with E-state index in [1.165, 1.54) is 18.4 Å². The molecule has 164 valence electrons. The number of carbonyl (C=O) groups excluding carboxylic acids is 2. The van der Waals surface area contributed by atoms with Crippen LogP contribution in [0, 0.1) is 11.8 Å². The highest BCUT2D eigenvalue weighted by Crippen LogP contribution is 2.32. The molecule has 1 aromatic carbocycles. The average molecular weight is 425 g/mol. The van der Waals surface area contributed by atoms with Crippen molar-refractivity contribution in [2.45, 2.75) is 38.1 Å². The Labute approximate surface area is 180 Å². The van der Waals surface area contributed by atoms with Crippen LogP contribution in [0.4, 0.5) is 0 Å². The van der Waals surface area contributed by atoms with Gasteiger partial charge in [0.25, 0.3) is 12.4 Å². The Hall–Kier alpha value is -3.00. The molecule has 0 radical (unpaired) electrons. The summed E-state index contributed by atoms with van der Waals surface area (Å²) in [6.45, 7) is 3.01. The van der Waals surface area contributed by atoms with Crippen molar-refractivity contribution >= 4 is 35.1 Å². The van der Waals surface area contributed by atoms with E-state index < -0.39 is 0 Å². The number of aromatic amines is 1. The molecule has 4 heterocycles. The van der Waals surface area contributed by atoms with Crippen molar-refractivity contribution in [3.8, 4) is 0 Å². The molecule has 4 aliphatic rings. The van der Waals surface area contributed by atoms with Crippen molar-refractivity contribution in [3.05, 3.63) is 35.5 Å². The highest BCUT2D eigenvalue weighted by Gasteiger charge is 2.35. The summed E-state index contributed by atoms with van der Waals surface area (Å²) in [7, 11) is 0. The van der Waals surface area contributed by atoms with Gasteiger partial charge in [-0.05, 0) is 74.4 Å². The van der Waals surface area contributed by atoms with Gasteiger partial charge >= 0.3 is 0 Å². The smallest absolute Gasteiger partial charge is 0.290 e. The van der Waals surface area contributed by atoms with E-state index in [4.69, 9.17) is 9.90 Å². The zero-order valence-corrected chi connectivity index (χ0v) is 17.4. The maximum atomic E-state index is 13.0. The predicted molar refractivity (Wildman–Crippen MR) is 117 cm³/mol. The van der Waals surface area contributed by atoms with Gasteiger partial charge in [0.15, 0.2) is 5.69 Å². The number of hydrogen-bond acceptors (Lipinski definition) is 5. The first kappa shape index (κ1) is 21.2. The molecular weight excluding hydrogens is 396 g/mol. The third kappa shape index (κ3) is 4.54. The van der Waals surface area contributed by atoms with Crippen LogP contribution in [-0.4, -0.2) is 64.5 Å². The lowest BCUT2D eigenvalue weighted by atomic mass is 9.84. The van der Waals surface area contributed by atoms with Gasteiger partial charge in [-0.25, -0.2) is 0 Å². The summed E-state index contributed by atoms with van der Waals surface area (Å²) in [5.41, 5.74) is 3.61. The average Bonchev–Trinajstić information content (AvgIpc) is 3.24. The van der Waals surface area contributed by atoms with Crippen LogP contribution in [-0.2, 0) is 9.59 Å².